The highest BCUT2D eigenvalue weighted by molar-refractivity contribution is 9.10. The van der Waals surface area contributed by atoms with E-state index in [2.05, 4.69) is 51.2 Å². The number of hydrogen-bond acceptors (Lipinski definition) is 5. The van der Waals surface area contributed by atoms with Crippen LogP contribution in [-0.2, 0) is 27.5 Å². The maximum absolute atomic E-state index is 6.05. The van der Waals surface area contributed by atoms with E-state index >= 15 is 0 Å². The van der Waals surface area contributed by atoms with E-state index in [1.54, 1.807) is 13.3 Å². The van der Waals surface area contributed by atoms with Gasteiger partial charge in [0.1, 0.15) is 6.73 Å². The van der Waals surface area contributed by atoms with Crippen LogP contribution in [0, 0.1) is 0 Å². The molecule has 6 nitrogen and oxygen atoms in total. The number of fused-ring (bicyclic) bond motifs is 1. The first-order valence-corrected chi connectivity index (χ1v) is 14.4. The molecular weight excluding hydrogens is 440 g/mol. The number of pyridine rings is 1. The second-order valence-corrected chi connectivity index (χ2v) is 14.9. The largest absolute Gasteiger partial charge is 0.481 e. The highest BCUT2D eigenvalue weighted by Crippen LogP contribution is 2.33. The summed E-state index contributed by atoms with van der Waals surface area (Å²) in [5.74, 6) is 0.606. The van der Waals surface area contributed by atoms with Crippen molar-refractivity contribution in [2.45, 2.75) is 64.6 Å². The lowest BCUT2D eigenvalue weighted by atomic mass is 10.2. The highest BCUT2D eigenvalue weighted by Gasteiger charge is 2.20. The van der Waals surface area contributed by atoms with Gasteiger partial charge in [-0.25, -0.2) is 4.98 Å². The SMILES string of the molecule is COc1ncc(Br)c2c1cc(COC1CCCCO1)n2COCC[Si](C)(C)C. The molecule has 3 rings (SSSR count). The molecule has 1 aliphatic heterocycles. The first-order chi connectivity index (χ1) is 13.4. The van der Waals surface area contributed by atoms with Gasteiger partial charge in [0.15, 0.2) is 6.29 Å². The van der Waals surface area contributed by atoms with Crippen LogP contribution in [0.3, 0.4) is 0 Å². The van der Waals surface area contributed by atoms with E-state index in [1.807, 2.05) is 0 Å². The molecule has 0 amide bonds. The summed E-state index contributed by atoms with van der Waals surface area (Å²) in [4.78, 5) is 4.37. The molecule has 0 saturated carbocycles. The summed E-state index contributed by atoms with van der Waals surface area (Å²) in [6.07, 6.45) is 4.85. The molecule has 28 heavy (non-hydrogen) atoms. The Morgan fingerprint density at radius 1 is 1.32 bits per heavy atom. The predicted octanol–water partition coefficient (Wildman–Crippen LogP) is 5.16. The minimum absolute atomic E-state index is 0.128. The number of methoxy groups -OCH3 is 1. The van der Waals surface area contributed by atoms with Crippen molar-refractivity contribution in [3.63, 3.8) is 0 Å². The van der Waals surface area contributed by atoms with Gasteiger partial charge in [0.05, 0.1) is 29.1 Å². The Morgan fingerprint density at radius 3 is 2.82 bits per heavy atom. The maximum Gasteiger partial charge on any atom is 0.222 e. The molecule has 1 unspecified atom stereocenters. The van der Waals surface area contributed by atoms with E-state index in [9.17, 15) is 0 Å². The molecular formula is C20H31BrN2O4Si. The minimum Gasteiger partial charge on any atom is -0.481 e. The van der Waals surface area contributed by atoms with Gasteiger partial charge in [0.2, 0.25) is 5.88 Å². The van der Waals surface area contributed by atoms with Crippen molar-refractivity contribution in [1.82, 2.24) is 9.55 Å². The van der Waals surface area contributed by atoms with E-state index in [1.165, 1.54) is 0 Å². The van der Waals surface area contributed by atoms with Crippen LogP contribution >= 0.6 is 15.9 Å². The number of hydrogen-bond donors (Lipinski definition) is 0. The molecule has 0 N–H and O–H groups in total. The third-order valence-corrected chi connectivity index (χ3v) is 7.18. The standard InChI is InChI=1S/C20H31BrN2O4Si/c1-24-20-16-11-15(13-27-18-7-5-6-8-26-18)23(19(16)17(21)12-22-20)14-25-9-10-28(2,3)4/h11-12,18H,5-10,13-14H2,1-4H3. The minimum atomic E-state index is -1.12. The number of nitrogens with zero attached hydrogens (tertiary/aromatic N) is 2. The number of rotatable bonds is 9. The van der Waals surface area contributed by atoms with Crippen LogP contribution in [-0.4, -0.2) is 44.2 Å². The maximum atomic E-state index is 6.05. The Hall–Kier alpha value is -0.933. The zero-order valence-corrected chi connectivity index (χ0v) is 19.9. The van der Waals surface area contributed by atoms with E-state index in [0.29, 0.717) is 19.2 Å². The Labute approximate surface area is 176 Å². The lowest BCUT2D eigenvalue weighted by Crippen LogP contribution is -2.23. The molecule has 0 spiro atoms. The molecule has 2 aromatic heterocycles. The molecule has 1 atom stereocenters. The van der Waals surface area contributed by atoms with Crippen molar-refractivity contribution in [2.24, 2.45) is 0 Å². The van der Waals surface area contributed by atoms with Crippen molar-refractivity contribution in [1.29, 1.82) is 0 Å². The van der Waals surface area contributed by atoms with Crippen LogP contribution in [0.1, 0.15) is 25.0 Å². The van der Waals surface area contributed by atoms with E-state index in [-0.39, 0.29) is 6.29 Å². The van der Waals surface area contributed by atoms with Gasteiger partial charge in [-0.05, 0) is 47.3 Å². The molecule has 156 valence electrons. The van der Waals surface area contributed by atoms with Crippen molar-refractivity contribution in [3.8, 4) is 5.88 Å². The summed E-state index contributed by atoms with van der Waals surface area (Å²) >= 11 is 3.64. The monoisotopic (exact) mass is 470 g/mol. The third-order valence-electron chi connectivity index (χ3n) is 4.90. The van der Waals surface area contributed by atoms with Gasteiger partial charge in [0.25, 0.3) is 0 Å². The quantitative estimate of drug-likeness (QED) is 0.374. The summed E-state index contributed by atoms with van der Waals surface area (Å²) in [5, 5.41) is 0.953. The molecule has 0 bridgehead atoms. The van der Waals surface area contributed by atoms with Crippen LogP contribution in [0.25, 0.3) is 10.9 Å². The van der Waals surface area contributed by atoms with Crippen LogP contribution in [0.2, 0.25) is 25.7 Å². The molecule has 8 heteroatoms. The zero-order chi connectivity index (χ0) is 20.1. The second kappa shape index (κ2) is 9.71. The Balaban J connectivity index is 1.81. The van der Waals surface area contributed by atoms with E-state index < -0.39 is 8.07 Å². The van der Waals surface area contributed by atoms with Gasteiger partial charge in [-0.1, -0.05) is 19.6 Å². The Kier molecular flexibility index (Phi) is 7.55. The third kappa shape index (κ3) is 5.57. The zero-order valence-electron chi connectivity index (χ0n) is 17.3. The average Bonchev–Trinajstić information content (AvgIpc) is 3.03. The second-order valence-electron chi connectivity index (χ2n) is 8.40. The van der Waals surface area contributed by atoms with Gasteiger partial charge in [-0.2, -0.15) is 0 Å². The van der Waals surface area contributed by atoms with Crippen LogP contribution < -0.4 is 4.74 Å². The Bertz CT molecular complexity index is 785. The molecule has 0 aromatic carbocycles. The van der Waals surface area contributed by atoms with Gasteiger partial charge >= 0.3 is 0 Å². The van der Waals surface area contributed by atoms with Crippen molar-refractivity contribution in [2.75, 3.05) is 20.3 Å². The van der Waals surface area contributed by atoms with Crippen molar-refractivity contribution < 1.29 is 18.9 Å². The molecule has 3 heterocycles. The average molecular weight is 471 g/mol. The van der Waals surface area contributed by atoms with Crippen LogP contribution in [0.15, 0.2) is 16.7 Å². The lowest BCUT2D eigenvalue weighted by molar-refractivity contribution is -0.170. The number of ether oxygens (including phenoxy) is 4. The summed E-state index contributed by atoms with van der Waals surface area (Å²) in [6.45, 7) is 9.56. The highest BCUT2D eigenvalue weighted by atomic mass is 79.9. The van der Waals surface area contributed by atoms with Crippen molar-refractivity contribution >= 4 is 34.9 Å². The number of aromatic nitrogens is 2. The molecule has 1 aliphatic rings. The topological polar surface area (TPSA) is 54.7 Å². The van der Waals surface area contributed by atoms with Gasteiger partial charge in [-0.15, -0.1) is 0 Å². The van der Waals surface area contributed by atoms with E-state index in [0.717, 1.165) is 59.6 Å². The fourth-order valence-electron chi connectivity index (χ4n) is 3.25. The fourth-order valence-corrected chi connectivity index (χ4v) is 4.54. The van der Waals surface area contributed by atoms with Gasteiger partial charge < -0.3 is 23.5 Å². The normalized spacial score (nSPS) is 18.0. The summed E-state index contributed by atoms with van der Waals surface area (Å²) in [6, 6.07) is 3.22. The summed E-state index contributed by atoms with van der Waals surface area (Å²) in [5.41, 5.74) is 2.05. The molecule has 1 fully saturated rings. The predicted molar refractivity (Wildman–Crippen MR) is 116 cm³/mol. The summed E-state index contributed by atoms with van der Waals surface area (Å²) in [7, 11) is 0.518. The van der Waals surface area contributed by atoms with Crippen LogP contribution in [0.4, 0.5) is 0 Å². The first kappa shape index (κ1) is 21.8. The van der Waals surface area contributed by atoms with Gasteiger partial charge in [0, 0.05) is 33.2 Å². The van der Waals surface area contributed by atoms with Crippen molar-refractivity contribution in [3.05, 3.63) is 22.4 Å². The van der Waals surface area contributed by atoms with Crippen LogP contribution in [0.5, 0.6) is 5.88 Å². The smallest absolute Gasteiger partial charge is 0.222 e. The number of halogens is 1. The summed E-state index contributed by atoms with van der Waals surface area (Å²) < 4.78 is 26.3. The van der Waals surface area contributed by atoms with E-state index in [4.69, 9.17) is 18.9 Å². The Morgan fingerprint density at radius 2 is 2.14 bits per heavy atom. The first-order valence-electron chi connectivity index (χ1n) is 9.90. The molecule has 0 aliphatic carbocycles. The molecule has 0 radical (unpaired) electrons. The van der Waals surface area contributed by atoms with Gasteiger partial charge in [-0.3, -0.25) is 0 Å². The molecule has 2 aromatic rings. The fraction of sp³-hybridized carbons (Fsp3) is 0.650. The molecule has 1 saturated heterocycles. The lowest BCUT2D eigenvalue weighted by Gasteiger charge is -2.23.